The zero-order valence-electron chi connectivity index (χ0n) is 23.3. The van der Waals surface area contributed by atoms with Crippen molar-refractivity contribution >= 4 is 22.6 Å². The molecule has 0 bridgehead atoms. The number of nitrogens with zero attached hydrogens (tertiary/aromatic N) is 6. The van der Waals surface area contributed by atoms with Crippen molar-refractivity contribution in [2.45, 2.75) is 84.6 Å². The van der Waals surface area contributed by atoms with Crippen LogP contribution < -0.4 is 4.90 Å². The van der Waals surface area contributed by atoms with Gasteiger partial charge < -0.3 is 14.7 Å². The van der Waals surface area contributed by atoms with Crippen LogP contribution >= 0.6 is 0 Å². The van der Waals surface area contributed by atoms with Crippen LogP contribution in [0.25, 0.3) is 11.0 Å². The van der Waals surface area contributed by atoms with E-state index in [1.807, 2.05) is 4.68 Å². The molecule has 0 saturated carbocycles. The number of hydrogen-bond acceptors (Lipinski definition) is 6. The van der Waals surface area contributed by atoms with Crippen LogP contribution in [0.4, 0.5) is 5.82 Å². The van der Waals surface area contributed by atoms with Gasteiger partial charge in [0.05, 0.1) is 5.39 Å². The normalized spacial score (nSPS) is 21.1. The molecule has 5 rings (SSSR count). The Balaban J connectivity index is 1.22. The standard InChI is InChI=1S/C30H48N6O/c1-24(2)23-36-30-26(10-11-28(31-30)35-16-8-3-4-9-17-35)29(32-36)27(37)22-25-12-18-34(19-13-25)21-20-33-14-6-5-7-15-33/h10-11,24-25H,3-9,12-23H2,1-2H3. The summed E-state index contributed by atoms with van der Waals surface area (Å²) < 4.78 is 2.00. The van der Waals surface area contributed by atoms with Crippen LogP contribution in [-0.2, 0) is 6.54 Å². The second-order valence-corrected chi connectivity index (χ2v) is 12.2. The molecule has 3 saturated heterocycles. The van der Waals surface area contributed by atoms with E-state index < -0.39 is 0 Å². The maximum atomic E-state index is 13.5. The van der Waals surface area contributed by atoms with Gasteiger partial charge in [-0.1, -0.05) is 33.1 Å². The molecule has 5 heterocycles. The Morgan fingerprint density at radius 1 is 0.865 bits per heavy atom. The van der Waals surface area contributed by atoms with Gasteiger partial charge in [-0.2, -0.15) is 5.10 Å². The highest BCUT2D eigenvalue weighted by molar-refractivity contribution is 6.05. The van der Waals surface area contributed by atoms with Crippen molar-refractivity contribution in [1.82, 2.24) is 24.6 Å². The number of likely N-dealkylation sites (tertiary alicyclic amines) is 2. The van der Waals surface area contributed by atoms with Crippen molar-refractivity contribution in [3.05, 3.63) is 17.8 Å². The number of rotatable bonds is 9. The first-order chi connectivity index (χ1) is 18.1. The Morgan fingerprint density at radius 2 is 1.49 bits per heavy atom. The number of fused-ring (bicyclic) bond motifs is 1. The molecule has 3 fully saturated rings. The first-order valence-electron chi connectivity index (χ1n) is 15.2. The highest BCUT2D eigenvalue weighted by Crippen LogP contribution is 2.28. The molecule has 7 nitrogen and oxygen atoms in total. The van der Waals surface area contributed by atoms with Crippen LogP contribution in [0.3, 0.4) is 0 Å². The van der Waals surface area contributed by atoms with Gasteiger partial charge >= 0.3 is 0 Å². The minimum atomic E-state index is 0.198. The van der Waals surface area contributed by atoms with Gasteiger partial charge in [-0.05, 0) is 88.7 Å². The lowest BCUT2D eigenvalue weighted by molar-refractivity contribution is 0.0915. The highest BCUT2D eigenvalue weighted by Gasteiger charge is 2.26. The van der Waals surface area contributed by atoms with E-state index in [9.17, 15) is 4.79 Å². The van der Waals surface area contributed by atoms with Crippen molar-refractivity contribution in [3.8, 4) is 0 Å². The van der Waals surface area contributed by atoms with Crippen LogP contribution in [-0.4, -0.2) is 82.7 Å². The number of hydrogen-bond donors (Lipinski definition) is 0. The molecular weight excluding hydrogens is 460 g/mol. The van der Waals surface area contributed by atoms with E-state index in [0.29, 0.717) is 24.0 Å². The molecule has 0 spiro atoms. The van der Waals surface area contributed by atoms with Gasteiger partial charge in [0.25, 0.3) is 0 Å². The third kappa shape index (κ3) is 6.91. The van der Waals surface area contributed by atoms with E-state index >= 15 is 0 Å². The van der Waals surface area contributed by atoms with Crippen LogP contribution in [0.1, 0.15) is 88.5 Å². The number of carbonyl (C=O) groups is 1. The Kier molecular flexibility index (Phi) is 9.14. The number of carbonyl (C=O) groups excluding carboxylic acids is 1. The zero-order valence-corrected chi connectivity index (χ0v) is 23.3. The van der Waals surface area contributed by atoms with Crippen LogP contribution in [0.2, 0.25) is 0 Å². The van der Waals surface area contributed by atoms with E-state index in [-0.39, 0.29) is 5.78 Å². The monoisotopic (exact) mass is 508 g/mol. The molecule has 2 aromatic heterocycles. The predicted octanol–water partition coefficient (Wildman–Crippen LogP) is 5.24. The fourth-order valence-electron chi connectivity index (χ4n) is 6.44. The molecule has 0 N–H and O–H groups in total. The zero-order chi connectivity index (χ0) is 25.6. The number of anilines is 1. The summed E-state index contributed by atoms with van der Waals surface area (Å²) in [5.74, 6) is 2.15. The summed E-state index contributed by atoms with van der Waals surface area (Å²) in [7, 11) is 0. The lowest BCUT2D eigenvalue weighted by Gasteiger charge is -2.34. The summed E-state index contributed by atoms with van der Waals surface area (Å²) in [5.41, 5.74) is 1.52. The maximum absolute atomic E-state index is 13.5. The third-order valence-corrected chi connectivity index (χ3v) is 8.68. The molecule has 3 aliphatic rings. The summed E-state index contributed by atoms with van der Waals surface area (Å²) >= 11 is 0. The molecular formula is C30H48N6O. The first-order valence-corrected chi connectivity index (χ1v) is 15.2. The van der Waals surface area contributed by atoms with Gasteiger partial charge in [-0.25, -0.2) is 9.67 Å². The molecule has 204 valence electrons. The molecule has 0 radical (unpaired) electrons. The smallest absolute Gasteiger partial charge is 0.184 e. The van der Waals surface area contributed by atoms with Gasteiger partial charge in [0, 0.05) is 39.1 Å². The predicted molar refractivity (Wildman–Crippen MR) is 151 cm³/mol. The summed E-state index contributed by atoms with van der Waals surface area (Å²) in [6.45, 7) is 14.5. The lowest BCUT2D eigenvalue weighted by Crippen LogP contribution is -2.41. The Bertz CT molecular complexity index is 1010. The van der Waals surface area contributed by atoms with E-state index in [0.717, 1.165) is 62.4 Å². The third-order valence-electron chi connectivity index (χ3n) is 8.68. The molecule has 2 aromatic rings. The summed E-state index contributed by atoms with van der Waals surface area (Å²) in [6, 6.07) is 4.23. The second-order valence-electron chi connectivity index (χ2n) is 12.2. The number of pyridine rings is 1. The number of Topliss-reactive ketones (excluding diaryl/α,β-unsaturated/α-hetero) is 1. The summed E-state index contributed by atoms with van der Waals surface area (Å²) in [5, 5.41) is 5.80. The largest absolute Gasteiger partial charge is 0.357 e. The van der Waals surface area contributed by atoms with Crippen molar-refractivity contribution in [1.29, 1.82) is 0 Å². The van der Waals surface area contributed by atoms with Crippen LogP contribution in [0.15, 0.2) is 12.1 Å². The van der Waals surface area contributed by atoms with Crippen LogP contribution in [0.5, 0.6) is 0 Å². The van der Waals surface area contributed by atoms with Crippen molar-refractivity contribution in [3.63, 3.8) is 0 Å². The fourth-order valence-corrected chi connectivity index (χ4v) is 6.44. The van der Waals surface area contributed by atoms with Gasteiger partial charge in [-0.3, -0.25) is 4.79 Å². The highest BCUT2D eigenvalue weighted by atomic mass is 16.1. The fraction of sp³-hybridized carbons (Fsp3) is 0.767. The molecule has 7 heteroatoms. The average molecular weight is 509 g/mol. The van der Waals surface area contributed by atoms with Crippen molar-refractivity contribution in [2.75, 3.05) is 57.3 Å². The summed E-state index contributed by atoms with van der Waals surface area (Å²) in [4.78, 5) is 26.3. The van der Waals surface area contributed by atoms with E-state index in [1.54, 1.807) is 0 Å². The second kappa shape index (κ2) is 12.7. The maximum Gasteiger partial charge on any atom is 0.184 e. The molecule has 37 heavy (non-hydrogen) atoms. The summed E-state index contributed by atoms with van der Waals surface area (Å²) in [6.07, 6.45) is 12.0. The topological polar surface area (TPSA) is 57.5 Å². The first kappa shape index (κ1) is 26.6. The quantitative estimate of drug-likeness (QED) is 0.432. The van der Waals surface area contributed by atoms with Gasteiger partial charge in [0.2, 0.25) is 0 Å². The Morgan fingerprint density at radius 3 is 2.16 bits per heavy atom. The minimum Gasteiger partial charge on any atom is -0.357 e. The van der Waals surface area contributed by atoms with Crippen molar-refractivity contribution in [2.24, 2.45) is 11.8 Å². The number of aromatic nitrogens is 3. The SMILES string of the molecule is CC(C)Cn1nc(C(=O)CC2CCN(CCN3CCCCC3)CC2)c2ccc(N3CCCCCC3)nc21. The van der Waals surface area contributed by atoms with E-state index in [1.165, 1.54) is 71.1 Å². The van der Waals surface area contributed by atoms with Gasteiger partial charge in [0.15, 0.2) is 11.4 Å². The van der Waals surface area contributed by atoms with Crippen molar-refractivity contribution < 1.29 is 4.79 Å². The minimum absolute atomic E-state index is 0.198. The molecule has 0 aromatic carbocycles. The number of piperidine rings is 2. The molecule has 0 atom stereocenters. The average Bonchev–Trinajstić information content (AvgIpc) is 3.06. The number of ketones is 1. The lowest BCUT2D eigenvalue weighted by atomic mass is 9.90. The van der Waals surface area contributed by atoms with Gasteiger partial charge in [0.1, 0.15) is 11.5 Å². The molecule has 0 unspecified atom stereocenters. The van der Waals surface area contributed by atoms with E-state index in [2.05, 4.69) is 40.7 Å². The molecule has 3 aliphatic heterocycles. The molecule has 0 aliphatic carbocycles. The Hall–Kier alpha value is -1.99. The van der Waals surface area contributed by atoms with Gasteiger partial charge in [-0.15, -0.1) is 0 Å². The van der Waals surface area contributed by atoms with Crippen LogP contribution in [0, 0.1) is 11.8 Å². The van der Waals surface area contributed by atoms with E-state index in [4.69, 9.17) is 10.1 Å². The molecule has 0 amide bonds. The Labute approximate surface area is 223 Å².